The van der Waals surface area contributed by atoms with Crippen molar-refractivity contribution >= 4 is 5.91 Å². The normalized spacial score (nSPS) is 25.4. The molecule has 0 unspecified atom stereocenters. The van der Waals surface area contributed by atoms with Crippen molar-refractivity contribution < 1.29 is 9.53 Å². The van der Waals surface area contributed by atoms with Gasteiger partial charge in [0.05, 0.1) is 12.7 Å². The quantitative estimate of drug-likeness (QED) is 0.901. The molecule has 142 valence electrons. The Hall–Kier alpha value is -2.31. The minimum Gasteiger partial charge on any atom is -0.371 e. The van der Waals surface area contributed by atoms with Gasteiger partial charge in [0.2, 0.25) is 0 Å². The lowest BCUT2D eigenvalue weighted by atomic mass is 10.1. The second-order valence-corrected chi connectivity index (χ2v) is 7.70. The van der Waals surface area contributed by atoms with Gasteiger partial charge in [0.1, 0.15) is 11.5 Å². The Labute approximate surface area is 160 Å². The number of fused-ring (bicyclic) bond motifs is 1. The Balaban J connectivity index is 1.37. The fourth-order valence-electron chi connectivity index (χ4n) is 3.89. The summed E-state index contributed by atoms with van der Waals surface area (Å²) in [6.45, 7) is 6.47. The van der Waals surface area contributed by atoms with Crippen LogP contribution >= 0.6 is 0 Å². The molecule has 0 saturated carbocycles. The van der Waals surface area contributed by atoms with Crippen LogP contribution in [0.2, 0.25) is 0 Å². The van der Waals surface area contributed by atoms with Gasteiger partial charge < -0.3 is 10.1 Å². The molecule has 0 bridgehead atoms. The van der Waals surface area contributed by atoms with Crippen molar-refractivity contribution in [3.63, 3.8) is 0 Å². The Morgan fingerprint density at radius 1 is 1.22 bits per heavy atom. The highest BCUT2D eigenvalue weighted by Crippen LogP contribution is 2.30. The number of morpholine rings is 1. The Bertz CT molecular complexity index is 796. The van der Waals surface area contributed by atoms with Crippen molar-refractivity contribution in [2.45, 2.75) is 44.4 Å². The molecule has 2 saturated heterocycles. The lowest BCUT2D eigenvalue weighted by Crippen LogP contribution is -2.43. The van der Waals surface area contributed by atoms with E-state index in [0.717, 1.165) is 19.5 Å². The van der Waals surface area contributed by atoms with E-state index in [-0.39, 0.29) is 24.0 Å². The number of hydrogen-bond acceptors (Lipinski definition) is 5. The van der Waals surface area contributed by atoms with Crippen LogP contribution in [0.3, 0.4) is 0 Å². The molecule has 27 heavy (non-hydrogen) atoms. The average molecular weight is 366 g/mol. The van der Waals surface area contributed by atoms with E-state index in [1.165, 1.54) is 5.56 Å². The van der Waals surface area contributed by atoms with Crippen molar-refractivity contribution in [1.82, 2.24) is 20.2 Å². The van der Waals surface area contributed by atoms with Gasteiger partial charge in [0.15, 0.2) is 0 Å². The average Bonchev–Trinajstić information content (AvgIpc) is 3.10. The summed E-state index contributed by atoms with van der Waals surface area (Å²) in [6, 6.07) is 12.5. The molecule has 2 aromatic rings. The number of aromatic nitrogens is 2. The van der Waals surface area contributed by atoms with Crippen molar-refractivity contribution in [3.8, 4) is 0 Å². The number of ether oxygens (including phenoxy) is 1. The first-order valence-corrected chi connectivity index (χ1v) is 9.64. The molecular formula is C21H26N4O2. The van der Waals surface area contributed by atoms with Crippen molar-refractivity contribution in [2.75, 3.05) is 19.7 Å². The second-order valence-electron chi connectivity index (χ2n) is 7.70. The monoisotopic (exact) mass is 366 g/mol. The van der Waals surface area contributed by atoms with E-state index in [0.29, 0.717) is 24.2 Å². The summed E-state index contributed by atoms with van der Waals surface area (Å²) in [5, 5.41) is 3.15. The molecule has 2 aliphatic heterocycles. The highest BCUT2D eigenvalue weighted by atomic mass is 16.5. The van der Waals surface area contributed by atoms with Gasteiger partial charge in [-0.1, -0.05) is 44.2 Å². The number of carbonyl (C=O) groups is 1. The molecule has 1 N–H and O–H groups in total. The first-order valence-electron chi connectivity index (χ1n) is 9.64. The highest BCUT2D eigenvalue weighted by Gasteiger charge is 2.38. The molecule has 6 nitrogen and oxygen atoms in total. The summed E-state index contributed by atoms with van der Waals surface area (Å²) in [7, 11) is 0. The van der Waals surface area contributed by atoms with Gasteiger partial charge in [0.25, 0.3) is 5.91 Å². The number of benzene rings is 1. The third-order valence-electron chi connectivity index (χ3n) is 5.35. The Morgan fingerprint density at radius 3 is 2.81 bits per heavy atom. The van der Waals surface area contributed by atoms with E-state index in [9.17, 15) is 4.79 Å². The molecule has 0 radical (unpaired) electrons. The van der Waals surface area contributed by atoms with Crippen molar-refractivity contribution in [3.05, 3.63) is 59.7 Å². The lowest BCUT2D eigenvalue weighted by molar-refractivity contribution is -0.0502. The maximum absolute atomic E-state index is 12.6. The number of carbonyl (C=O) groups excluding carboxylic acids is 1. The SMILES string of the molecule is CC(C)c1nccc(C(=O)N[C@H]2C[C@H]3CO[C@@H](c4ccccc4)CN3C2)n1. The highest BCUT2D eigenvalue weighted by molar-refractivity contribution is 5.92. The molecule has 1 aromatic heterocycles. The zero-order valence-corrected chi connectivity index (χ0v) is 15.8. The minimum atomic E-state index is -0.121. The van der Waals surface area contributed by atoms with Gasteiger partial charge in [-0.15, -0.1) is 0 Å². The fourth-order valence-corrected chi connectivity index (χ4v) is 3.89. The first-order chi connectivity index (χ1) is 13.1. The van der Waals surface area contributed by atoms with E-state index in [1.54, 1.807) is 12.3 Å². The van der Waals surface area contributed by atoms with E-state index in [4.69, 9.17) is 4.74 Å². The standard InChI is InChI=1S/C21H26N4O2/c1-14(2)20-22-9-8-18(24-20)21(26)23-16-10-17-13-27-19(12-25(17)11-16)15-6-4-3-5-7-15/h3-9,14,16-17,19H,10-13H2,1-2H3,(H,23,26)/t16-,17-,19+/m0/s1. The molecule has 3 heterocycles. The maximum atomic E-state index is 12.6. The number of hydrogen-bond donors (Lipinski definition) is 1. The maximum Gasteiger partial charge on any atom is 0.270 e. The van der Waals surface area contributed by atoms with Crippen LogP contribution in [0, 0.1) is 0 Å². The van der Waals surface area contributed by atoms with Crippen LogP contribution in [0.25, 0.3) is 0 Å². The number of rotatable bonds is 4. The number of amides is 1. The van der Waals surface area contributed by atoms with E-state index < -0.39 is 0 Å². The van der Waals surface area contributed by atoms with Gasteiger partial charge >= 0.3 is 0 Å². The smallest absolute Gasteiger partial charge is 0.270 e. The Kier molecular flexibility index (Phi) is 5.18. The molecule has 0 aliphatic carbocycles. The molecule has 1 aromatic carbocycles. The van der Waals surface area contributed by atoms with E-state index in [1.807, 2.05) is 32.0 Å². The van der Waals surface area contributed by atoms with Gasteiger partial charge in [-0.2, -0.15) is 0 Å². The third kappa shape index (κ3) is 4.01. The predicted molar refractivity (Wildman–Crippen MR) is 102 cm³/mol. The number of nitrogens with one attached hydrogen (secondary N) is 1. The van der Waals surface area contributed by atoms with Gasteiger partial charge in [-0.25, -0.2) is 9.97 Å². The summed E-state index contributed by atoms with van der Waals surface area (Å²) in [4.78, 5) is 23.7. The molecule has 4 rings (SSSR count). The summed E-state index contributed by atoms with van der Waals surface area (Å²) in [6.07, 6.45) is 2.68. The zero-order chi connectivity index (χ0) is 18.8. The van der Waals surface area contributed by atoms with Crippen LogP contribution in [0.1, 0.15) is 54.2 Å². The van der Waals surface area contributed by atoms with Crippen LogP contribution in [0.15, 0.2) is 42.6 Å². The number of nitrogens with zero attached hydrogens (tertiary/aromatic N) is 3. The summed E-state index contributed by atoms with van der Waals surface area (Å²) < 4.78 is 6.08. The second kappa shape index (κ2) is 7.74. The van der Waals surface area contributed by atoms with Crippen LogP contribution in [-0.2, 0) is 4.74 Å². The molecule has 6 heteroatoms. The summed E-state index contributed by atoms with van der Waals surface area (Å²) >= 11 is 0. The topological polar surface area (TPSA) is 67.3 Å². The van der Waals surface area contributed by atoms with Gasteiger partial charge in [-0.05, 0) is 18.1 Å². The minimum absolute atomic E-state index is 0.104. The zero-order valence-electron chi connectivity index (χ0n) is 15.8. The molecule has 2 aliphatic rings. The van der Waals surface area contributed by atoms with Crippen molar-refractivity contribution in [2.24, 2.45) is 0 Å². The van der Waals surface area contributed by atoms with Gasteiger partial charge in [0, 0.05) is 37.3 Å². The van der Waals surface area contributed by atoms with Crippen LogP contribution in [-0.4, -0.2) is 52.6 Å². The molecule has 3 atom stereocenters. The Morgan fingerprint density at radius 2 is 2.04 bits per heavy atom. The largest absolute Gasteiger partial charge is 0.371 e. The van der Waals surface area contributed by atoms with Gasteiger partial charge in [-0.3, -0.25) is 9.69 Å². The van der Waals surface area contributed by atoms with Crippen LogP contribution in [0.4, 0.5) is 0 Å². The van der Waals surface area contributed by atoms with Crippen LogP contribution < -0.4 is 5.32 Å². The van der Waals surface area contributed by atoms with Crippen LogP contribution in [0.5, 0.6) is 0 Å². The van der Waals surface area contributed by atoms with E-state index in [2.05, 4.69) is 32.3 Å². The molecule has 0 spiro atoms. The predicted octanol–water partition coefficient (Wildman–Crippen LogP) is 2.54. The van der Waals surface area contributed by atoms with E-state index >= 15 is 0 Å². The van der Waals surface area contributed by atoms with Crippen molar-refractivity contribution in [1.29, 1.82) is 0 Å². The fraction of sp³-hybridized carbons (Fsp3) is 0.476. The lowest BCUT2D eigenvalue weighted by Gasteiger charge is -2.35. The molecule has 2 fully saturated rings. The summed E-state index contributed by atoms with van der Waals surface area (Å²) in [5.74, 6) is 0.778. The molecular weight excluding hydrogens is 340 g/mol. The first kappa shape index (κ1) is 18.1. The summed E-state index contributed by atoms with van der Waals surface area (Å²) in [5.41, 5.74) is 1.66. The third-order valence-corrected chi connectivity index (χ3v) is 5.35. The molecule has 1 amide bonds.